The van der Waals surface area contributed by atoms with Crippen LogP contribution in [0.4, 0.5) is 11.4 Å². The van der Waals surface area contributed by atoms with E-state index in [0.29, 0.717) is 13.2 Å². The highest BCUT2D eigenvalue weighted by atomic mass is 127. The minimum atomic E-state index is -0.303. The molecule has 0 bridgehead atoms. The van der Waals surface area contributed by atoms with Gasteiger partial charge in [-0.05, 0) is 22.6 Å². The highest BCUT2D eigenvalue weighted by molar-refractivity contribution is 14.1. The summed E-state index contributed by atoms with van der Waals surface area (Å²) >= 11 is 3.43. The van der Waals surface area contributed by atoms with Crippen LogP contribution in [0.3, 0.4) is 0 Å². The maximum absolute atomic E-state index is 10.9. The fourth-order valence-electron chi connectivity index (χ4n) is 1.51. The van der Waals surface area contributed by atoms with E-state index in [-0.39, 0.29) is 10.6 Å². The minimum Gasteiger partial charge on any atom is -0.378 e. The molecule has 82 valence electrons. The zero-order valence-corrected chi connectivity index (χ0v) is 10.8. The number of nitrogens with zero attached hydrogens (tertiary/aromatic N) is 2. The lowest BCUT2D eigenvalue weighted by molar-refractivity contribution is -0.384. The first-order valence-electron chi connectivity index (χ1n) is 4.44. The summed E-state index contributed by atoms with van der Waals surface area (Å²) in [5.41, 5.74) is 0.972. The molecule has 1 aromatic heterocycles. The summed E-state index contributed by atoms with van der Waals surface area (Å²) in [6.45, 7) is 2.74. The van der Waals surface area contributed by atoms with E-state index in [1.807, 2.05) is 32.9 Å². The first-order chi connectivity index (χ1) is 7.20. The summed E-state index contributed by atoms with van der Waals surface area (Å²) in [6, 6.07) is 0. The Hall–Kier alpha value is -0.410. The molecule has 1 fully saturated rings. The van der Waals surface area contributed by atoms with E-state index in [1.54, 1.807) is 0 Å². The molecular formula is C8H9IN2O3S. The third kappa shape index (κ3) is 2.23. The van der Waals surface area contributed by atoms with Gasteiger partial charge in [0.25, 0.3) is 0 Å². The van der Waals surface area contributed by atoms with E-state index >= 15 is 0 Å². The number of hydrogen-bond donors (Lipinski definition) is 0. The summed E-state index contributed by atoms with van der Waals surface area (Å²) in [5.74, 6) is 0. The van der Waals surface area contributed by atoms with Gasteiger partial charge in [0, 0.05) is 18.5 Å². The molecule has 0 saturated carbocycles. The van der Waals surface area contributed by atoms with Crippen LogP contribution in [-0.4, -0.2) is 31.2 Å². The standard InChI is InChI=1S/C8H9IN2O3S/c9-8-7(11(12)13)6(5-15-8)10-1-3-14-4-2-10/h5H,1-4H2. The van der Waals surface area contributed by atoms with Gasteiger partial charge in [-0.3, -0.25) is 10.1 Å². The summed E-state index contributed by atoms with van der Waals surface area (Å²) in [6.07, 6.45) is 0. The van der Waals surface area contributed by atoms with Gasteiger partial charge >= 0.3 is 5.69 Å². The molecule has 0 atom stereocenters. The molecule has 7 heteroatoms. The Morgan fingerprint density at radius 3 is 2.80 bits per heavy atom. The lowest BCUT2D eigenvalue weighted by Crippen LogP contribution is -2.36. The van der Waals surface area contributed by atoms with Crippen LogP contribution in [-0.2, 0) is 4.74 Å². The normalized spacial score (nSPS) is 16.7. The SMILES string of the molecule is O=[N+]([O-])c1c(N2CCOCC2)csc1I. The van der Waals surface area contributed by atoms with Crippen LogP contribution < -0.4 is 4.90 Å². The van der Waals surface area contributed by atoms with Gasteiger partial charge in [0.2, 0.25) is 0 Å². The van der Waals surface area contributed by atoms with Crippen molar-refractivity contribution in [1.29, 1.82) is 0 Å². The molecule has 1 saturated heterocycles. The number of morpholine rings is 1. The molecule has 2 heterocycles. The molecule has 0 N–H and O–H groups in total. The zero-order chi connectivity index (χ0) is 10.8. The number of rotatable bonds is 2. The van der Waals surface area contributed by atoms with Crippen LogP contribution in [0.1, 0.15) is 0 Å². The van der Waals surface area contributed by atoms with Gasteiger partial charge in [0.15, 0.2) is 0 Å². The molecule has 0 unspecified atom stereocenters. The molecule has 1 aliphatic rings. The molecule has 5 nitrogen and oxygen atoms in total. The second-order valence-electron chi connectivity index (χ2n) is 3.10. The summed E-state index contributed by atoms with van der Waals surface area (Å²) < 4.78 is 5.95. The average molecular weight is 340 g/mol. The van der Waals surface area contributed by atoms with E-state index in [1.165, 1.54) is 11.3 Å². The van der Waals surface area contributed by atoms with Crippen molar-refractivity contribution in [2.45, 2.75) is 0 Å². The first kappa shape index (κ1) is 11.1. The van der Waals surface area contributed by atoms with Crippen molar-refractivity contribution in [2.24, 2.45) is 0 Å². The molecule has 0 radical (unpaired) electrons. The van der Waals surface area contributed by atoms with E-state index in [4.69, 9.17) is 4.74 Å². The van der Waals surface area contributed by atoms with Crippen LogP contribution in [0.25, 0.3) is 0 Å². The monoisotopic (exact) mass is 340 g/mol. The Morgan fingerprint density at radius 2 is 2.20 bits per heavy atom. The topological polar surface area (TPSA) is 55.6 Å². The molecule has 2 rings (SSSR count). The van der Waals surface area contributed by atoms with Crippen LogP contribution in [0, 0.1) is 13.0 Å². The van der Waals surface area contributed by atoms with Crippen LogP contribution in [0.5, 0.6) is 0 Å². The zero-order valence-electron chi connectivity index (χ0n) is 7.81. The highest BCUT2D eigenvalue weighted by Crippen LogP contribution is 2.38. The van der Waals surface area contributed by atoms with Gasteiger partial charge in [-0.15, -0.1) is 11.3 Å². The first-order valence-corrected chi connectivity index (χ1v) is 6.40. The van der Waals surface area contributed by atoms with E-state index < -0.39 is 0 Å². The maximum Gasteiger partial charge on any atom is 0.316 e. The Labute approximate surface area is 104 Å². The molecular weight excluding hydrogens is 331 g/mol. The van der Waals surface area contributed by atoms with Crippen molar-refractivity contribution in [3.63, 3.8) is 0 Å². The quantitative estimate of drug-likeness (QED) is 0.470. The largest absolute Gasteiger partial charge is 0.378 e. The van der Waals surface area contributed by atoms with Gasteiger partial charge in [0.05, 0.1) is 18.1 Å². The minimum absolute atomic E-state index is 0.238. The Morgan fingerprint density at radius 1 is 1.53 bits per heavy atom. The fourth-order valence-corrected chi connectivity index (χ4v) is 3.13. The summed E-state index contributed by atoms with van der Waals surface area (Å²) in [4.78, 5) is 12.6. The molecule has 15 heavy (non-hydrogen) atoms. The van der Waals surface area contributed by atoms with E-state index in [2.05, 4.69) is 0 Å². The Kier molecular flexibility index (Phi) is 3.42. The van der Waals surface area contributed by atoms with Crippen molar-refractivity contribution in [1.82, 2.24) is 0 Å². The number of thiophene rings is 1. The predicted octanol–water partition coefficient (Wildman–Crippen LogP) is 2.10. The second-order valence-corrected chi connectivity index (χ2v) is 5.79. The van der Waals surface area contributed by atoms with Crippen molar-refractivity contribution >= 4 is 45.3 Å². The molecule has 1 aliphatic heterocycles. The third-order valence-electron chi connectivity index (χ3n) is 2.24. The van der Waals surface area contributed by atoms with Crippen LogP contribution in [0.15, 0.2) is 5.38 Å². The van der Waals surface area contributed by atoms with Gasteiger partial charge in [-0.1, -0.05) is 0 Å². The Balaban J connectivity index is 2.30. The molecule has 1 aromatic rings. The van der Waals surface area contributed by atoms with Gasteiger partial charge in [-0.25, -0.2) is 0 Å². The number of hydrogen-bond acceptors (Lipinski definition) is 5. The van der Waals surface area contributed by atoms with Crippen molar-refractivity contribution in [2.75, 3.05) is 31.2 Å². The van der Waals surface area contributed by atoms with Gasteiger partial charge in [-0.2, -0.15) is 0 Å². The maximum atomic E-state index is 10.9. The van der Waals surface area contributed by atoms with E-state index in [9.17, 15) is 10.1 Å². The lowest BCUT2D eigenvalue weighted by atomic mass is 10.3. The van der Waals surface area contributed by atoms with Crippen LogP contribution in [0.2, 0.25) is 0 Å². The number of anilines is 1. The van der Waals surface area contributed by atoms with Crippen molar-refractivity contribution in [3.8, 4) is 0 Å². The number of halogens is 1. The molecule has 0 aliphatic carbocycles. The average Bonchev–Trinajstić information content (AvgIpc) is 2.61. The van der Waals surface area contributed by atoms with Crippen molar-refractivity contribution < 1.29 is 9.66 Å². The number of nitro groups is 1. The highest BCUT2D eigenvalue weighted by Gasteiger charge is 2.26. The molecule has 0 spiro atoms. The Bertz CT molecular complexity index is 376. The number of ether oxygens (including phenoxy) is 1. The van der Waals surface area contributed by atoms with Crippen LogP contribution >= 0.6 is 33.9 Å². The van der Waals surface area contributed by atoms with Gasteiger partial charge < -0.3 is 9.64 Å². The second kappa shape index (κ2) is 4.62. The van der Waals surface area contributed by atoms with E-state index in [0.717, 1.165) is 21.7 Å². The molecule has 0 aromatic carbocycles. The smallest absolute Gasteiger partial charge is 0.316 e. The lowest BCUT2D eigenvalue weighted by Gasteiger charge is -2.27. The van der Waals surface area contributed by atoms with Crippen molar-refractivity contribution in [3.05, 3.63) is 18.4 Å². The summed E-state index contributed by atoms with van der Waals surface area (Å²) in [7, 11) is 0. The third-order valence-corrected chi connectivity index (χ3v) is 4.25. The van der Waals surface area contributed by atoms with Gasteiger partial charge in [0.1, 0.15) is 8.57 Å². The molecule has 0 amide bonds. The fraction of sp³-hybridized carbons (Fsp3) is 0.500. The summed E-state index contributed by atoms with van der Waals surface area (Å²) in [5, 5.41) is 12.7. The predicted molar refractivity (Wildman–Crippen MR) is 66.7 cm³/mol.